The minimum atomic E-state index is -0.383. The second-order valence-corrected chi connectivity index (χ2v) is 7.45. The van der Waals surface area contributed by atoms with E-state index < -0.39 is 0 Å². The summed E-state index contributed by atoms with van der Waals surface area (Å²) in [4.78, 5) is 17.6. The smallest absolute Gasteiger partial charge is 0.295 e. The summed E-state index contributed by atoms with van der Waals surface area (Å²) in [5, 5.41) is 7.45. The molecule has 4 aromatic rings. The van der Waals surface area contributed by atoms with Crippen molar-refractivity contribution in [3.05, 3.63) is 89.2 Å². The van der Waals surface area contributed by atoms with Crippen LogP contribution < -0.4 is 10.1 Å². The van der Waals surface area contributed by atoms with Crippen LogP contribution in [-0.2, 0) is 0 Å². The van der Waals surface area contributed by atoms with Crippen molar-refractivity contribution in [2.75, 3.05) is 12.4 Å². The second-order valence-electron chi connectivity index (χ2n) is 7.45. The summed E-state index contributed by atoms with van der Waals surface area (Å²) in [5.41, 5.74) is 5.74. The molecule has 156 valence electrons. The van der Waals surface area contributed by atoms with Crippen molar-refractivity contribution in [3.63, 3.8) is 0 Å². The Labute approximate surface area is 181 Å². The van der Waals surface area contributed by atoms with Crippen molar-refractivity contribution in [2.24, 2.45) is 0 Å². The van der Waals surface area contributed by atoms with E-state index in [1.807, 2.05) is 62.4 Å². The zero-order valence-electron chi connectivity index (χ0n) is 18.0. The second kappa shape index (κ2) is 8.44. The maximum atomic E-state index is 13.0. The molecule has 3 aromatic carbocycles. The van der Waals surface area contributed by atoms with Gasteiger partial charge < -0.3 is 10.1 Å². The first-order valence-electron chi connectivity index (χ1n) is 10.0. The molecule has 1 amide bonds. The molecule has 31 heavy (non-hydrogen) atoms. The van der Waals surface area contributed by atoms with Crippen LogP contribution >= 0.6 is 0 Å². The standard InChI is InChI=1S/C25H24N4O2/c1-16-8-5-10-19(14-16)24-27-23(25(30)26-20-11-7-12-21(15-20)31-4)28-29(24)22-13-6-9-17(2)18(22)3/h5-15H,1-4H3,(H,26,30). The number of aromatic nitrogens is 3. The maximum Gasteiger partial charge on any atom is 0.295 e. The number of rotatable bonds is 5. The fourth-order valence-electron chi connectivity index (χ4n) is 3.40. The van der Waals surface area contributed by atoms with Crippen LogP contribution in [0.3, 0.4) is 0 Å². The van der Waals surface area contributed by atoms with Crippen molar-refractivity contribution in [3.8, 4) is 22.8 Å². The summed E-state index contributed by atoms with van der Waals surface area (Å²) in [5.74, 6) is 0.992. The van der Waals surface area contributed by atoms with Crippen LogP contribution in [0, 0.1) is 20.8 Å². The normalized spacial score (nSPS) is 10.7. The highest BCUT2D eigenvalue weighted by Crippen LogP contribution is 2.26. The van der Waals surface area contributed by atoms with Crippen LogP contribution in [0.5, 0.6) is 5.75 Å². The lowest BCUT2D eigenvalue weighted by Crippen LogP contribution is -2.14. The molecule has 0 radical (unpaired) electrons. The van der Waals surface area contributed by atoms with Gasteiger partial charge in [0.15, 0.2) is 5.82 Å². The summed E-state index contributed by atoms with van der Waals surface area (Å²) in [6.45, 7) is 6.12. The molecule has 0 bridgehead atoms. The quantitative estimate of drug-likeness (QED) is 0.494. The van der Waals surface area contributed by atoms with Crippen LogP contribution in [0.4, 0.5) is 5.69 Å². The van der Waals surface area contributed by atoms with E-state index >= 15 is 0 Å². The van der Waals surface area contributed by atoms with Crippen molar-refractivity contribution >= 4 is 11.6 Å². The molecule has 6 nitrogen and oxygen atoms in total. The molecule has 1 aromatic heterocycles. The lowest BCUT2D eigenvalue weighted by atomic mass is 10.1. The Kier molecular flexibility index (Phi) is 5.54. The van der Waals surface area contributed by atoms with Crippen LogP contribution in [0.1, 0.15) is 27.3 Å². The van der Waals surface area contributed by atoms with Gasteiger partial charge in [-0.1, -0.05) is 42.0 Å². The minimum Gasteiger partial charge on any atom is -0.497 e. The van der Waals surface area contributed by atoms with Gasteiger partial charge in [-0.05, 0) is 56.2 Å². The molecule has 6 heteroatoms. The van der Waals surface area contributed by atoms with Crippen LogP contribution in [0.15, 0.2) is 66.7 Å². The van der Waals surface area contributed by atoms with E-state index in [0.29, 0.717) is 17.3 Å². The molecule has 0 aliphatic rings. The Hall–Kier alpha value is -3.93. The third-order valence-corrected chi connectivity index (χ3v) is 5.22. The molecule has 0 atom stereocenters. The van der Waals surface area contributed by atoms with Gasteiger partial charge in [0.2, 0.25) is 5.82 Å². The predicted molar refractivity (Wildman–Crippen MR) is 122 cm³/mol. The first-order chi connectivity index (χ1) is 15.0. The Bertz CT molecular complexity index is 1260. The number of ether oxygens (including phenoxy) is 1. The summed E-state index contributed by atoms with van der Waals surface area (Å²) < 4.78 is 6.98. The third kappa shape index (κ3) is 4.19. The van der Waals surface area contributed by atoms with Crippen LogP contribution in [-0.4, -0.2) is 27.8 Å². The molecule has 0 saturated carbocycles. The molecule has 0 spiro atoms. The van der Waals surface area contributed by atoms with E-state index in [4.69, 9.17) is 4.74 Å². The zero-order valence-corrected chi connectivity index (χ0v) is 18.0. The van der Waals surface area contributed by atoms with Crippen molar-refractivity contribution in [1.82, 2.24) is 14.8 Å². The minimum absolute atomic E-state index is 0.0974. The van der Waals surface area contributed by atoms with Gasteiger partial charge in [-0.25, -0.2) is 9.67 Å². The van der Waals surface area contributed by atoms with Gasteiger partial charge in [-0.15, -0.1) is 5.10 Å². The van der Waals surface area contributed by atoms with E-state index in [2.05, 4.69) is 28.4 Å². The highest BCUT2D eigenvalue weighted by molar-refractivity contribution is 6.02. The lowest BCUT2D eigenvalue weighted by Gasteiger charge is -2.11. The average molecular weight is 412 g/mol. The molecule has 1 N–H and O–H groups in total. The highest BCUT2D eigenvalue weighted by Gasteiger charge is 2.20. The van der Waals surface area contributed by atoms with E-state index in [0.717, 1.165) is 27.9 Å². The number of methoxy groups -OCH3 is 1. The molecule has 0 aliphatic heterocycles. The number of benzene rings is 3. The Morgan fingerprint density at radius 2 is 1.74 bits per heavy atom. The zero-order chi connectivity index (χ0) is 22.0. The maximum absolute atomic E-state index is 13.0. The fourth-order valence-corrected chi connectivity index (χ4v) is 3.40. The lowest BCUT2D eigenvalue weighted by molar-refractivity contribution is 0.101. The molecular formula is C25H24N4O2. The van der Waals surface area contributed by atoms with Crippen molar-refractivity contribution in [2.45, 2.75) is 20.8 Å². The first kappa shape index (κ1) is 20.3. The van der Waals surface area contributed by atoms with Crippen LogP contribution in [0.2, 0.25) is 0 Å². The van der Waals surface area contributed by atoms with E-state index in [9.17, 15) is 4.79 Å². The van der Waals surface area contributed by atoms with Gasteiger partial charge in [0.25, 0.3) is 5.91 Å². The van der Waals surface area contributed by atoms with E-state index in [1.54, 1.807) is 23.9 Å². The number of hydrogen-bond donors (Lipinski definition) is 1. The number of aryl methyl sites for hydroxylation is 2. The topological polar surface area (TPSA) is 69.0 Å². The Balaban J connectivity index is 1.79. The van der Waals surface area contributed by atoms with Crippen molar-refractivity contribution < 1.29 is 9.53 Å². The van der Waals surface area contributed by atoms with Gasteiger partial charge >= 0.3 is 0 Å². The summed E-state index contributed by atoms with van der Waals surface area (Å²) >= 11 is 0. The molecule has 0 aliphatic carbocycles. The Morgan fingerprint density at radius 3 is 2.52 bits per heavy atom. The van der Waals surface area contributed by atoms with Gasteiger partial charge in [-0.2, -0.15) is 0 Å². The third-order valence-electron chi connectivity index (χ3n) is 5.22. The number of carbonyl (C=O) groups is 1. The highest BCUT2D eigenvalue weighted by atomic mass is 16.5. The number of amides is 1. The monoisotopic (exact) mass is 412 g/mol. The number of anilines is 1. The SMILES string of the molecule is COc1cccc(NC(=O)c2nc(-c3cccc(C)c3)n(-c3cccc(C)c3C)n2)c1. The fraction of sp³-hybridized carbons (Fsp3) is 0.160. The van der Waals surface area contributed by atoms with Crippen LogP contribution in [0.25, 0.3) is 17.1 Å². The van der Waals surface area contributed by atoms with Crippen molar-refractivity contribution in [1.29, 1.82) is 0 Å². The largest absolute Gasteiger partial charge is 0.497 e. The molecule has 0 saturated heterocycles. The molecule has 0 fully saturated rings. The first-order valence-corrected chi connectivity index (χ1v) is 10.0. The molecular weight excluding hydrogens is 388 g/mol. The molecule has 4 rings (SSSR count). The number of hydrogen-bond acceptors (Lipinski definition) is 4. The summed E-state index contributed by atoms with van der Waals surface area (Å²) in [6, 6.07) is 21.2. The van der Waals surface area contributed by atoms with Gasteiger partial charge in [-0.3, -0.25) is 4.79 Å². The number of nitrogens with one attached hydrogen (secondary N) is 1. The number of carbonyl (C=O) groups excluding carboxylic acids is 1. The molecule has 1 heterocycles. The van der Waals surface area contributed by atoms with Gasteiger partial charge in [0.1, 0.15) is 5.75 Å². The van der Waals surface area contributed by atoms with E-state index in [-0.39, 0.29) is 11.7 Å². The van der Waals surface area contributed by atoms with Gasteiger partial charge in [0, 0.05) is 17.3 Å². The van der Waals surface area contributed by atoms with E-state index in [1.165, 1.54) is 0 Å². The Morgan fingerprint density at radius 1 is 0.968 bits per heavy atom. The number of nitrogens with zero attached hydrogens (tertiary/aromatic N) is 3. The summed E-state index contributed by atoms with van der Waals surface area (Å²) in [7, 11) is 1.59. The predicted octanol–water partition coefficient (Wildman–Crippen LogP) is 5.12. The summed E-state index contributed by atoms with van der Waals surface area (Å²) in [6.07, 6.45) is 0. The molecule has 0 unspecified atom stereocenters. The average Bonchev–Trinajstić information content (AvgIpc) is 3.21. The van der Waals surface area contributed by atoms with Gasteiger partial charge in [0.05, 0.1) is 12.8 Å².